The number of nitrogens with zero attached hydrogens (tertiary/aromatic N) is 1. The van der Waals surface area contributed by atoms with Crippen molar-refractivity contribution in [2.75, 3.05) is 0 Å². The fraction of sp³-hybridized carbons (Fsp3) is 0.357. The van der Waals surface area contributed by atoms with Crippen LogP contribution in [0.3, 0.4) is 0 Å². The zero-order valence-corrected chi connectivity index (χ0v) is 11.6. The Kier molecular flexibility index (Phi) is 4.04. The van der Waals surface area contributed by atoms with Gasteiger partial charge >= 0.3 is 0 Å². The molecule has 1 N–H and O–H groups in total. The molecule has 0 aliphatic heterocycles. The number of nitrogens with one attached hydrogen (secondary N) is 1. The van der Waals surface area contributed by atoms with Crippen molar-refractivity contribution < 1.29 is 4.42 Å². The Hall–Kier alpha value is -1.32. The molecule has 2 rings (SSSR count). The summed E-state index contributed by atoms with van der Waals surface area (Å²) in [5.74, 6) is 0.612. The molecule has 0 saturated carbocycles. The van der Waals surface area contributed by atoms with Gasteiger partial charge in [-0.05, 0) is 30.7 Å². The van der Waals surface area contributed by atoms with E-state index < -0.39 is 0 Å². The molecule has 1 aromatic heterocycles. The summed E-state index contributed by atoms with van der Waals surface area (Å²) in [4.78, 5) is 4.45. The summed E-state index contributed by atoms with van der Waals surface area (Å²) >= 11 is 6.03. The highest BCUT2D eigenvalue weighted by atomic mass is 35.5. The van der Waals surface area contributed by atoms with Crippen LogP contribution < -0.4 is 5.32 Å². The minimum Gasteiger partial charge on any atom is -0.444 e. The highest BCUT2D eigenvalue weighted by Gasteiger charge is 2.08. The van der Waals surface area contributed by atoms with Crippen LogP contribution in [0.1, 0.15) is 25.1 Å². The van der Waals surface area contributed by atoms with Crippen LogP contribution in [0.25, 0.3) is 11.5 Å². The minimum atomic E-state index is 0.429. The lowest BCUT2D eigenvalue weighted by Crippen LogP contribution is -2.21. The van der Waals surface area contributed by atoms with Crippen LogP contribution in [0.4, 0.5) is 0 Å². The maximum atomic E-state index is 6.03. The van der Waals surface area contributed by atoms with Gasteiger partial charge in [-0.3, -0.25) is 0 Å². The normalized spacial score (nSPS) is 11.2. The number of aryl methyl sites for hydroxylation is 1. The highest BCUT2D eigenvalue weighted by Crippen LogP contribution is 2.24. The first-order chi connectivity index (χ1) is 8.54. The molecule has 0 aliphatic carbocycles. The first-order valence-electron chi connectivity index (χ1n) is 6.00. The Labute approximate surface area is 112 Å². The molecule has 0 bridgehead atoms. The second-order valence-electron chi connectivity index (χ2n) is 4.70. The van der Waals surface area contributed by atoms with E-state index in [2.05, 4.69) is 24.1 Å². The Morgan fingerprint density at radius 3 is 2.78 bits per heavy atom. The van der Waals surface area contributed by atoms with E-state index in [1.165, 1.54) is 0 Å². The van der Waals surface area contributed by atoms with Gasteiger partial charge in [0.2, 0.25) is 5.89 Å². The Balaban J connectivity index is 2.18. The van der Waals surface area contributed by atoms with E-state index in [0.717, 1.165) is 16.8 Å². The van der Waals surface area contributed by atoms with Crippen molar-refractivity contribution in [1.29, 1.82) is 0 Å². The molecule has 96 valence electrons. The topological polar surface area (TPSA) is 38.1 Å². The van der Waals surface area contributed by atoms with Crippen molar-refractivity contribution in [1.82, 2.24) is 10.3 Å². The predicted molar refractivity (Wildman–Crippen MR) is 73.7 cm³/mol. The molecule has 0 aliphatic rings. The highest BCUT2D eigenvalue weighted by molar-refractivity contribution is 6.30. The van der Waals surface area contributed by atoms with Gasteiger partial charge in [-0.2, -0.15) is 0 Å². The molecule has 18 heavy (non-hydrogen) atoms. The number of benzene rings is 1. The molecule has 0 atom stereocenters. The summed E-state index contributed by atoms with van der Waals surface area (Å²) in [7, 11) is 0. The average molecular weight is 265 g/mol. The van der Waals surface area contributed by atoms with Crippen LogP contribution >= 0.6 is 11.6 Å². The van der Waals surface area contributed by atoms with E-state index in [4.69, 9.17) is 16.0 Å². The standard InChI is InChI=1S/C14H17ClN2O/c1-9(2)16-7-13-8-18-14(17-13)11-4-10(3)5-12(15)6-11/h4-6,8-9,16H,7H2,1-3H3. The molecule has 0 spiro atoms. The van der Waals surface area contributed by atoms with Crippen LogP contribution in [0.2, 0.25) is 5.02 Å². The van der Waals surface area contributed by atoms with Gasteiger partial charge < -0.3 is 9.73 Å². The average Bonchev–Trinajstić information content (AvgIpc) is 2.73. The van der Waals surface area contributed by atoms with Gasteiger partial charge in [0.1, 0.15) is 6.26 Å². The third-order valence-corrected chi connectivity index (χ3v) is 2.75. The minimum absolute atomic E-state index is 0.429. The Morgan fingerprint density at radius 1 is 1.33 bits per heavy atom. The van der Waals surface area contributed by atoms with Gasteiger partial charge in [0, 0.05) is 23.2 Å². The van der Waals surface area contributed by atoms with E-state index in [1.54, 1.807) is 6.26 Å². The largest absolute Gasteiger partial charge is 0.444 e. The number of rotatable bonds is 4. The zero-order valence-electron chi connectivity index (χ0n) is 10.8. The second kappa shape index (κ2) is 5.55. The molecule has 1 heterocycles. The van der Waals surface area contributed by atoms with Gasteiger partial charge in [-0.25, -0.2) is 4.98 Å². The lowest BCUT2D eigenvalue weighted by molar-refractivity contribution is 0.560. The van der Waals surface area contributed by atoms with E-state index in [-0.39, 0.29) is 0 Å². The maximum Gasteiger partial charge on any atom is 0.226 e. The predicted octanol–water partition coefficient (Wildman–Crippen LogP) is 3.80. The Morgan fingerprint density at radius 2 is 2.11 bits per heavy atom. The monoisotopic (exact) mass is 264 g/mol. The summed E-state index contributed by atoms with van der Waals surface area (Å²) in [5, 5.41) is 4.00. The van der Waals surface area contributed by atoms with Gasteiger partial charge in [0.25, 0.3) is 0 Å². The van der Waals surface area contributed by atoms with Crippen molar-refractivity contribution >= 4 is 11.6 Å². The third kappa shape index (κ3) is 3.34. The maximum absolute atomic E-state index is 6.03. The summed E-state index contributed by atoms with van der Waals surface area (Å²) in [6.07, 6.45) is 1.68. The molecule has 0 fully saturated rings. The van der Waals surface area contributed by atoms with Crippen molar-refractivity contribution in [3.63, 3.8) is 0 Å². The summed E-state index contributed by atoms with van der Waals surface area (Å²) in [6.45, 7) is 6.91. The molecular formula is C14H17ClN2O. The molecule has 0 saturated heterocycles. The first-order valence-corrected chi connectivity index (χ1v) is 6.38. The lowest BCUT2D eigenvalue weighted by atomic mass is 10.1. The van der Waals surface area contributed by atoms with Crippen molar-refractivity contribution in [2.45, 2.75) is 33.4 Å². The van der Waals surface area contributed by atoms with Gasteiger partial charge in [0.15, 0.2) is 0 Å². The first kappa shape index (κ1) is 13.1. The fourth-order valence-electron chi connectivity index (χ4n) is 1.69. The molecule has 3 nitrogen and oxygen atoms in total. The second-order valence-corrected chi connectivity index (χ2v) is 5.13. The number of halogens is 1. The fourth-order valence-corrected chi connectivity index (χ4v) is 1.98. The lowest BCUT2D eigenvalue weighted by Gasteiger charge is -2.04. The van der Waals surface area contributed by atoms with E-state index >= 15 is 0 Å². The quantitative estimate of drug-likeness (QED) is 0.913. The Bertz CT molecular complexity index is 514. The molecule has 1 aromatic carbocycles. The SMILES string of the molecule is Cc1cc(Cl)cc(-c2nc(CNC(C)C)co2)c1. The van der Waals surface area contributed by atoms with Gasteiger partial charge in [-0.1, -0.05) is 25.4 Å². The number of hydrogen-bond acceptors (Lipinski definition) is 3. The van der Waals surface area contributed by atoms with Gasteiger partial charge in [-0.15, -0.1) is 0 Å². The summed E-state index contributed by atoms with van der Waals surface area (Å²) in [6, 6.07) is 6.21. The van der Waals surface area contributed by atoms with Crippen LogP contribution in [-0.2, 0) is 6.54 Å². The van der Waals surface area contributed by atoms with Crippen LogP contribution in [0.15, 0.2) is 28.9 Å². The van der Waals surface area contributed by atoms with Crippen molar-refractivity contribution in [2.24, 2.45) is 0 Å². The molecule has 0 amide bonds. The summed E-state index contributed by atoms with van der Waals surface area (Å²) in [5.41, 5.74) is 2.91. The molecule has 0 radical (unpaired) electrons. The van der Waals surface area contributed by atoms with E-state index in [9.17, 15) is 0 Å². The zero-order chi connectivity index (χ0) is 13.1. The van der Waals surface area contributed by atoms with Crippen LogP contribution in [-0.4, -0.2) is 11.0 Å². The summed E-state index contributed by atoms with van der Waals surface area (Å²) < 4.78 is 5.48. The van der Waals surface area contributed by atoms with Crippen molar-refractivity contribution in [3.8, 4) is 11.5 Å². The molecule has 2 aromatic rings. The van der Waals surface area contributed by atoms with Crippen LogP contribution in [0, 0.1) is 6.92 Å². The molecule has 0 unspecified atom stereocenters. The van der Waals surface area contributed by atoms with E-state index in [1.807, 2.05) is 25.1 Å². The van der Waals surface area contributed by atoms with Crippen LogP contribution in [0.5, 0.6) is 0 Å². The molecular weight excluding hydrogens is 248 g/mol. The third-order valence-electron chi connectivity index (χ3n) is 2.53. The van der Waals surface area contributed by atoms with E-state index in [0.29, 0.717) is 23.5 Å². The number of hydrogen-bond donors (Lipinski definition) is 1. The number of aromatic nitrogens is 1. The van der Waals surface area contributed by atoms with Crippen molar-refractivity contribution in [3.05, 3.63) is 40.7 Å². The smallest absolute Gasteiger partial charge is 0.226 e. The molecule has 4 heteroatoms. The number of oxazole rings is 1. The van der Waals surface area contributed by atoms with Gasteiger partial charge in [0.05, 0.1) is 5.69 Å².